The van der Waals surface area contributed by atoms with Gasteiger partial charge in [0.15, 0.2) is 0 Å². The van der Waals surface area contributed by atoms with Crippen LogP contribution in [0.1, 0.15) is 20.3 Å². The lowest BCUT2D eigenvalue weighted by molar-refractivity contribution is 0.325. The van der Waals surface area contributed by atoms with Gasteiger partial charge in [-0.3, -0.25) is 0 Å². The van der Waals surface area contributed by atoms with E-state index in [0.29, 0.717) is 6.42 Å². The van der Waals surface area contributed by atoms with Crippen molar-refractivity contribution in [3.8, 4) is 6.07 Å². The van der Waals surface area contributed by atoms with Gasteiger partial charge in [0.05, 0.1) is 12.5 Å². The van der Waals surface area contributed by atoms with Crippen molar-refractivity contribution in [3.63, 3.8) is 0 Å². The third kappa shape index (κ3) is 2.85. The van der Waals surface area contributed by atoms with Crippen LogP contribution in [0.5, 0.6) is 0 Å². The predicted octanol–water partition coefficient (Wildman–Crippen LogP) is 2.92. The van der Waals surface area contributed by atoms with Crippen molar-refractivity contribution < 1.29 is 0 Å². The topological polar surface area (TPSA) is 39.1 Å². The molecule has 0 spiro atoms. The second-order valence-corrected chi connectivity index (χ2v) is 6.26. The number of nitriles is 1. The second-order valence-electron chi connectivity index (χ2n) is 5.34. The molecular weight excluding hydrogens is 290 g/mol. The van der Waals surface area contributed by atoms with Gasteiger partial charge < -0.3 is 10.2 Å². The SMILES string of the molecule is CC1(C)CNC(CC#N)CN1c1cccc(Br)c1. The minimum Gasteiger partial charge on any atom is -0.364 e. The molecule has 0 amide bonds. The summed E-state index contributed by atoms with van der Waals surface area (Å²) in [5.41, 5.74) is 1.27. The summed E-state index contributed by atoms with van der Waals surface area (Å²) in [7, 11) is 0. The molecule has 2 rings (SSSR count). The maximum atomic E-state index is 8.83. The Hall–Kier alpha value is -1.05. The van der Waals surface area contributed by atoms with E-state index in [4.69, 9.17) is 5.26 Å². The van der Waals surface area contributed by atoms with E-state index in [1.54, 1.807) is 0 Å². The Bertz CT molecular complexity index is 464. The fraction of sp³-hybridized carbons (Fsp3) is 0.500. The monoisotopic (exact) mass is 307 g/mol. The molecule has 4 heteroatoms. The van der Waals surface area contributed by atoms with Crippen molar-refractivity contribution in [3.05, 3.63) is 28.7 Å². The fourth-order valence-corrected chi connectivity index (χ4v) is 2.75. The van der Waals surface area contributed by atoms with Crippen LogP contribution >= 0.6 is 15.9 Å². The molecule has 0 radical (unpaired) electrons. The first-order valence-electron chi connectivity index (χ1n) is 6.16. The molecule has 1 N–H and O–H groups in total. The zero-order valence-corrected chi connectivity index (χ0v) is 12.4. The lowest BCUT2D eigenvalue weighted by Gasteiger charge is -2.47. The van der Waals surface area contributed by atoms with Crippen LogP contribution in [0.4, 0.5) is 5.69 Å². The van der Waals surface area contributed by atoms with Crippen LogP contribution in [-0.4, -0.2) is 24.7 Å². The van der Waals surface area contributed by atoms with Gasteiger partial charge in [-0.15, -0.1) is 0 Å². The van der Waals surface area contributed by atoms with Crippen LogP contribution < -0.4 is 10.2 Å². The number of halogens is 1. The minimum absolute atomic E-state index is 0.0623. The van der Waals surface area contributed by atoms with Crippen molar-refractivity contribution in [2.45, 2.75) is 31.8 Å². The summed E-state index contributed by atoms with van der Waals surface area (Å²) < 4.78 is 1.09. The smallest absolute Gasteiger partial charge is 0.0638 e. The molecule has 0 saturated carbocycles. The highest BCUT2D eigenvalue weighted by molar-refractivity contribution is 9.10. The highest BCUT2D eigenvalue weighted by atomic mass is 79.9. The van der Waals surface area contributed by atoms with E-state index in [-0.39, 0.29) is 11.6 Å². The third-order valence-corrected chi connectivity index (χ3v) is 3.91. The average Bonchev–Trinajstić information content (AvgIpc) is 2.31. The Labute approximate surface area is 117 Å². The third-order valence-electron chi connectivity index (χ3n) is 3.41. The van der Waals surface area contributed by atoms with E-state index in [9.17, 15) is 0 Å². The van der Waals surface area contributed by atoms with E-state index in [1.165, 1.54) is 5.69 Å². The van der Waals surface area contributed by atoms with Gasteiger partial charge in [0.25, 0.3) is 0 Å². The predicted molar refractivity (Wildman–Crippen MR) is 77.6 cm³/mol. The maximum Gasteiger partial charge on any atom is 0.0638 e. The van der Waals surface area contributed by atoms with E-state index in [2.05, 4.69) is 64.3 Å². The van der Waals surface area contributed by atoms with Gasteiger partial charge in [0.1, 0.15) is 0 Å². The lowest BCUT2D eigenvalue weighted by atomic mass is 9.95. The molecule has 1 fully saturated rings. The first-order valence-corrected chi connectivity index (χ1v) is 6.96. The van der Waals surface area contributed by atoms with Crippen molar-refractivity contribution in [1.82, 2.24) is 5.32 Å². The number of anilines is 1. The number of nitrogens with zero attached hydrogens (tertiary/aromatic N) is 2. The van der Waals surface area contributed by atoms with Crippen LogP contribution in [0.15, 0.2) is 28.7 Å². The summed E-state index contributed by atoms with van der Waals surface area (Å²) in [4.78, 5) is 2.39. The number of benzene rings is 1. The summed E-state index contributed by atoms with van der Waals surface area (Å²) in [5, 5.41) is 12.3. The Morgan fingerprint density at radius 1 is 1.56 bits per heavy atom. The first-order chi connectivity index (χ1) is 8.53. The zero-order valence-electron chi connectivity index (χ0n) is 10.8. The van der Waals surface area contributed by atoms with Crippen molar-refractivity contribution in [2.24, 2.45) is 0 Å². The van der Waals surface area contributed by atoms with Crippen molar-refractivity contribution in [2.75, 3.05) is 18.0 Å². The number of hydrogen-bond donors (Lipinski definition) is 1. The van der Waals surface area contributed by atoms with Crippen molar-refractivity contribution >= 4 is 21.6 Å². The normalized spacial score (nSPS) is 22.6. The number of nitrogens with one attached hydrogen (secondary N) is 1. The molecule has 0 aromatic heterocycles. The molecule has 1 unspecified atom stereocenters. The lowest BCUT2D eigenvalue weighted by Crippen LogP contribution is -2.62. The summed E-state index contributed by atoms with van der Waals surface area (Å²) in [5.74, 6) is 0. The molecule has 1 atom stereocenters. The zero-order chi connectivity index (χ0) is 13.2. The molecule has 96 valence electrons. The molecule has 1 heterocycles. The van der Waals surface area contributed by atoms with E-state index >= 15 is 0 Å². The summed E-state index contributed by atoms with van der Waals surface area (Å²) in [6.45, 7) is 6.22. The van der Waals surface area contributed by atoms with Gasteiger partial charge in [-0.25, -0.2) is 0 Å². The summed E-state index contributed by atoms with van der Waals surface area (Å²) in [6, 6.07) is 10.8. The van der Waals surface area contributed by atoms with Gasteiger partial charge in [-0.2, -0.15) is 5.26 Å². The summed E-state index contributed by atoms with van der Waals surface area (Å²) in [6.07, 6.45) is 0.556. The quantitative estimate of drug-likeness (QED) is 0.913. The highest BCUT2D eigenvalue weighted by Crippen LogP contribution is 2.29. The second kappa shape index (κ2) is 5.29. The van der Waals surface area contributed by atoms with Crippen LogP contribution in [0, 0.1) is 11.3 Å². The maximum absolute atomic E-state index is 8.83. The standard InChI is InChI=1S/C14H18BrN3/c1-14(2)10-17-12(6-7-16)9-18(14)13-5-3-4-11(15)8-13/h3-5,8,12,17H,6,9-10H2,1-2H3. The minimum atomic E-state index is 0.0623. The molecule has 1 aromatic carbocycles. The molecule has 1 aliphatic heterocycles. The molecule has 3 nitrogen and oxygen atoms in total. The number of hydrogen-bond acceptors (Lipinski definition) is 3. The van der Waals surface area contributed by atoms with Gasteiger partial charge in [-0.05, 0) is 32.0 Å². The first kappa shape index (κ1) is 13.4. The van der Waals surface area contributed by atoms with Crippen LogP contribution in [0.2, 0.25) is 0 Å². The van der Waals surface area contributed by atoms with Gasteiger partial charge in [0, 0.05) is 34.8 Å². The van der Waals surface area contributed by atoms with Gasteiger partial charge in [0.2, 0.25) is 0 Å². The van der Waals surface area contributed by atoms with Crippen LogP contribution in [-0.2, 0) is 0 Å². The van der Waals surface area contributed by atoms with Gasteiger partial charge in [-0.1, -0.05) is 22.0 Å². The Morgan fingerprint density at radius 2 is 2.33 bits per heavy atom. The van der Waals surface area contributed by atoms with E-state index in [1.807, 2.05) is 6.07 Å². The van der Waals surface area contributed by atoms with Gasteiger partial charge >= 0.3 is 0 Å². The van der Waals surface area contributed by atoms with Crippen LogP contribution in [0.25, 0.3) is 0 Å². The average molecular weight is 308 g/mol. The van der Waals surface area contributed by atoms with Crippen LogP contribution in [0.3, 0.4) is 0 Å². The van der Waals surface area contributed by atoms with Crippen molar-refractivity contribution in [1.29, 1.82) is 5.26 Å². The number of piperazine rings is 1. The fourth-order valence-electron chi connectivity index (χ4n) is 2.37. The van der Waals surface area contributed by atoms with E-state index in [0.717, 1.165) is 17.6 Å². The molecule has 1 aliphatic rings. The Kier molecular flexibility index (Phi) is 3.94. The molecule has 18 heavy (non-hydrogen) atoms. The molecule has 0 bridgehead atoms. The highest BCUT2D eigenvalue weighted by Gasteiger charge is 2.33. The molecule has 1 saturated heterocycles. The summed E-state index contributed by atoms with van der Waals surface area (Å²) >= 11 is 3.52. The molecule has 0 aliphatic carbocycles. The van der Waals surface area contributed by atoms with E-state index < -0.39 is 0 Å². The number of rotatable bonds is 2. The molecule has 1 aromatic rings. The molecular formula is C14H18BrN3. The Balaban J connectivity index is 2.24. The Morgan fingerprint density at radius 3 is 3.00 bits per heavy atom. The largest absolute Gasteiger partial charge is 0.364 e.